The van der Waals surface area contributed by atoms with Crippen molar-refractivity contribution in [3.05, 3.63) is 35.2 Å². The summed E-state index contributed by atoms with van der Waals surface area (Å²) in [5.41, 5.74) is 2.56. The molecule has 1 aliphatic rings. The highest BCUT2D eigenvalue weighted by atomic mass is 16.1. The number of hydrogen-bond donors (Lipinski definition) is 1. The average Bonchev–Trinajstić information content (AvgIpc) is 2.92. The Morgan fingerprint density at radius 3 is 2.77 bits per heavy atom. The second-order valence-corrected chi connectivity index (χ2v) is 6.09. The van der Waals surface area contributed by atoms with Crippen molar-refractivity contribution in [1.82, 2.24) is 24.6 Å². The maximum absolute atomic E-state index is 12.2. The normalized spacial score (nSPS) is 14.9. The Kier molecular flexibility index (Phi) is 4.00. The van der Waals surface area contributed by atoms with E-state index in [4.69, 9.17) is 0 Å². The Hall–Kier alpha value is -2.11. The molecule has 22 heavy (non-hydrogen) atoms. The fourth-order valence-electron chi connectivity index (χ4n) is 2.96. The number of hydrogen-bond acceptors (Lipinski definition) is 3. The Bertz CT molecular complexity index is 681. The zero-order valence-corrected chi connectivity index (χ0v) is 13.5. The fraction of sp³-hybridized carbons (Fsp3) is 0.562. The van der Waals surface area contributed by atoms with E-state index in [1.54, 1.807) is 10.9 Å². The highest BCUT2D eigenvalue weighted by molar-refractivity contribution is 5.94. The van der Waals surface area contributed by atoms with E-state index in [1.807, 2.05) is 20.2 Å². The molecule has 2 heterocycles. The molecule has 3 rings (SSSR count). The van der Waals surface area contributed by atoms with Crippen LogP contribution in [0.3, 0.4) is 0 Å². The number of imidazole rings is 1. The minimum absolute atomic E-state index is 0.0615. The largest absolute Gasteiger partial charge is 0.350 e. The van der Waals surface area contributed by atoms with E-state index >= 15 is 0 Å². The third-order valence-corrected chi connectivity index (χ3v) is 4.44. The van der Waals surface area contributed by atoms with Crippen molar-refractivity contribution < 1.29 is 4.79 Å². The number of aryl methyl sites for hydroxylation is 3. The second kappa shape index (κ2) is 5.94. The number of amides is 1. The first-order valence-corrected chi connectivity index (χ1v) is 7.86. The number of nitrogens with zero attached hydrogens (tertiary/aromatic N) is 4. The monoisotopic (exact) mass is 301 g/mol. The first-order valence-electron chi connectivity index (χ1n) is 7.86. The molecule has 6 nitrogen and oxygen atoms in total. The van der Waals surface area contributed by atoms with Gasteiger partial charge in [-0.1, -0.05) is 6.42 Å². The molecular formula is C16H23N5O. The molecule has 1 fully saturated rings. The highest BCUT2D eigenvalue weighted by Crippen LogP contribution is 2.35. The van der Waals surface area contributed by atoms with Crippen LogP contribution in [0.1, 0.15) is 52.8 Å². The van der Waals surface area contributed by atoms with Gasteiger partial charge < -0.3 is 9.88 Å². The summed E-state index contributed by atoms with van der Waals surface area (Å²) in [6.45, 7) is 5.29. The maximum atomic E-state index is 12.2. The maximum Gasteiger partial charge on any atom is 0.254 e. The molecule has 6 heteroatoms. The van der Waals surface area contributed by atoms with Crippen molar-refractivity contribution in [3.8, 4) is 0 Å². The number of rotatable bonds is 5. The predicted molar refractivity (Wildman–Crippen MR) is 83.8 cm³/mol. The van der Waals surface area contributed by atoms with Crippen LogP contribution in [0.5, 0.6) is 0 Å². The summed E-state index contributed by atoms with van der Waals surface area (Å²) in [6, 6.07) is 0. The van der Waals surface area contributed by atoms with Crippen molar-refractivity contribution >= 4 is 5.91 Å². The molecular weight excluding hydrogens is 278 g/mol. The van der Waals surface area contributed by atoms with Gasteiger partial charge >= 0.3 is 0 Å². The Balaban J connectivity index is 1.60. The van der Waals surface area contributed by atoms with Gasteiger partial charge in [0.2, 0.25) is 0 Å². The van der Waals surface area contributed by atoms with Crippen molar-refractivity contribution in [3.63, 3.8) is 0 Å². The van der Waals surface area contributed by atoms with Crippen molar-refractivity contribution in [2.24, 2.45) is 7.05 Å². The Labute approximate surface area is 130 Å². The topological polar surface area (TPSA) is 64.7 Å². The minimum atomic E-state index is -0.0615. The number of aromatic nitrogens is 4. The van der Waals surface area contributed by atoms with Crippen molar-refractivity contribution in [2.75, 3.05) is 6.54 Å². The summed E-state index contributed by atoms with van der Waals surface area (Å²) in [7, 11) is 1.82. The van der Waals surface area contributed by atoms with E-state index in [0.717, 1.165) is 17.9 Å². The Morgan fingerprint density at radius 2 is 2.18 bits per heavy atom. The zero-order chi connectivity index (χ0) is 15.7. The highest BCUT2D eigenvalue weighted by Gasteiger charge is 2.24. The van der Waals surface area contributed by atoms with Crippen LogP contribution in [0.2, 0.25) is 0 Å². The Morgan fingerprint density at radius 1 is 1.41 bits per heavy atom. The molecule has 2 aromatic heterocycles. The van der Waals surface area contributed by atoms with E-state index in [-0.39, 0.29) is 5.91 Å². The average molecular weight is 301 g/mol. The van der Waals surface area contributed by atoms with Gasteiger partial charge in [-0.15, -0.1) is 0 Å². The molecule has 0 unspecified atom stereocenters. The zero-order valence-electron chi connectivity index (χ0n) is 13.5. The summed E-state index contributed by atoms with van der Waals surface area (Å²) < 4.78 is 3.90. The quantitative estimate of drug-likeness (QED) is 0.918. The lowest BCUT2D eigenvalue weighted by Gasteiger charge is -2.26. The molecule has 1 amide bonds. The van der Waals surface area contributed by atoms with Crippen LogP contribution in [-0.2, 0) is 13.6 Å². The first kappa shape index (κ1) is 14.8. The molecule has 0 radical (unpaired) electrons. The van der Waals surface area contributed by atoms with E-state index in [9.17, 15) is 4.79 Å². The van der Waals surface area contributed by atoms with Gasteiger partial charge in [0.05, 0.1) is 11.3 Å². The summed E-state index contributed by atoms with van der Waals surface area (Å²) >= 11 is 0. The van der Waals surface area contributed by atoms with Crippen molar-refractivity contribution in [2.45, 2.75) is 45.6 Å². The minimum Gasteiger partial charge on any atom is -0.350 e. The van der Waals surface area contributed by atoms with Gasteiger partial charge in [0.25, 0.3) is 5.91 Å². The second-order valence-electron chi connectivity index (χ2n) is 6.09. The molecule has 1 N–H and O–H groups in total. The standard InChI is InChI=1S/C16H23N5O/c1-11-9-18-15(13-5-4-6-13)21(11)8-7-17-16(22)14-10-20(3)19-12(14)2/h9-10,13H,4-8H2,1-3H3,(H,17,22). The summed E-state index contributed by atoms with van der Waals surface area (Å²) in [5, 5.41) is 7.18. The molecule has 0 aromatic carbocycles. The summed E-state index contributed by atoms with van der Waals surface area (Å²) in [6.07, 6.45) is 7.46. The van der Waals surface area contributed by atoms with Crippen LogP contribution in [0.25, 0.3) is 0 Å². The van der Waals surface area contributed by atoms with Gasteiger partial charge in [0.1, 0.15) is 5.82 Å². The van der Waals surface area contributed by atoms with Gasteiger partial charge in [-0.3, -0.25) is 9.48 Å². The van der Waals surface area contributed by atoms with Crippen LogP contribution in [-0.4, -0.2) is 31.8 Å². The number of carbonyl (C=O) groups is 1. The molecule has 1 saturated carbocycles. The fourth-order valence-corrected chi connectivity index (χ4v) is 2.96. The number of nitrogens with one attached hydrogen (secondary N) is 1. The molecule has 0 bridgehead atoms. The lowest BCUT2D eigenvalue weighted by atomic mass is 9.85. The third-order valence-electron chi connectivity index (χ3n) is 4.44. The molecule has 1 aliphatic carbocycles. The molecule has 0 saturated heterocycles. The first-order chi connectivity index (χ1) is 10.6. The number of carbonyl (C=O) groups excluding carboxylic acids is 1. The van der Waals surface area contributed by atoms with Gasteiger partial charge in [0.15, 0.2) is 0 Å². The van der Waals surface area contributed by atoms with Crippen LogP contribution >= 0.6 is 0 Å². The molecule has 2 aromatic rings. The van der Waals surface area contributed by atoms with Gasteiger partial charge in [-0.05, 0) is 26.7 Å². The predicted octanol–water partition coefficient (Wildman–Crippen LogP) is 1.93. The third kappa shape index (κ3) is 2.77. The molecule has 0 atom stereocenters. The summed E-state index contributed by atoms with van der Waals surface area (Å²) in [4.78, 5) is 16.7. The van der Waals surface area contributed by atoms with E-state index in [1.165, 1.54) is 25.1 Å². The van der Waals surface area contributed by atoms with E-state index in [0.29, 0.717) is 18.0 Å². The van der Waals surface area contributed by atoms with Crippen LogP contribution in [0, 0.1) is 13.8 Å². The van der Waals surface area contributed by atoms with Crippen molar-refractivity contribution in [1.29, 1.82) is 0 Å². The van der Waals surface area contributed by atoms with Gasteiger partial charge in [0, 0.05) is 44.1 Å². The molecule has 118 valence electrons. The van der Waals surface area contributed by atoms with Crippen LogP contribution < -0.4 is 5.32 Å². The molecule has 0 spiro atoms. The van der Waals surface area contributed by atoms with E-state index in [2.05, 4.69) is 26.9 Å². The molecule has 0 aliphatic heterocycles. The lowest BCUT2D eigenvalue weighted by molar-refractivity contribution is 0.0951. The van der Waals surface area contributed by atoms with Crippen LogP contribution in [0.15, 0.2) is 12.4 Å². The SMILES string of the molecule is Cc1nn(C)cc1C(=O)NCCn1c(C)cnc1C1CCC1. The summed E-state index contributed by atoms with van der Waals surface area (Å²) in [5.74, 6) is 1.72. The van der Waals surface area contributed by atoms with Gasteiger partial charge in [-0.25, -0.2) is 4.98 Å². The smallest absolute Gasteiger partial charge is 0.254 e. The van der Waals surface area contributed by atoms with Crippen LogP contribution in [0.4, 0.5) is 0 Å². The van der Waals surface area contributed by atoms with E-state index < -0.39 is 0 Å². The lowest BCUT2D eigenvalue weighted by Crippen LogP contribution is -2.29. The van der Waals surface area contributed by atoms with Gasteiger partial charge in [-0.2, -0.15) is 5.10 Å².